The lowest BCUT2D eigenvalue weighted by atomic mass is 9.97. The van der Waals surface area contributed by atoms with Gasteiger partial charge in [0.05, 0.1) is 0 Å². The van der Waals surface area contributed by atoms with E-state index in [0.717, 1.165) is 12.8 Å². The minimum atomic E-state index is 0.329. The first kappa shape index (κ1) is 11.3. The van der Waals surface area contributed by atoms with Crippen molar-refractivity contribution in [2.75, 3.05) is 0 Å². The Bertz CT molecular complexity index is 278. The van der Waals surface area contributed by atoms with E-state index in [1.54, 1.807) is 0 Å². The SMILES string of the molecule is Cc1cccc(CCC(N)C(C)C)c1. The first-order valence-corrected chi connectivity index (χ1v) is 5.40. The minimum absolute atomic E-state index is 0.329. The fourth-order valence-corrected chi connectivity index (χ4v) is 1.53. The Balaban J connectivity index is 2.45. The molecule has 0 amide bonds. The van der Waals surface area contributed by atoms with Crippen LogP contribution in [0.1, 0.15) is 31.4 Å². The molecule has 1 aromatic rings. The van der Waals surface area contributed by atoms with Gasteiger partial charge in [-0.1, -0.05) is 43.7 Å². The largest absolute Gasteiger partial charge is 0.327 e. The number of benzene rings is 1. The van der Waals surface area contributed by atoms with Crippen molar-refractivity contribution in [2.45, 2.75) is 39.7 Å². The monoisotopic (exact) mass is 191 g/mol. The van der Waals surface area contributed by atoms with Crippen LogP contribution in [-0.2, 0) is 6.42 Å². The molecule has 1 rings (SSSR count). The molecule has 0 bridgehead atoms. The van der Waals surface area contributed by atoms with Gasteiger partial charge in [-0.15, -0.1) is 0 Å². The van der Waals surface area contributed by atoms with Crippen LogP contribution in [0.2, 0.25) is 0 Å². The molecule has 0 saturated heterocycles. The Morgan fingerprint density at radius 3 is 2.57 bits per heavy atom. The maximum absolute atomic E-state index is 6.00. The summed E-state index contributed by atoms with van der Waals surface area (Å²) in [6, 6.07) is 9.00. The molecule has 0 aliphatic carbocycles. The van der Waals surface area contributed by atoms with Crippen molar-refractivity contribution in [3.8, 4) is 0 Å². The van der Waals surface area contributed by atoms with E-state index < -0.39 is 0 Å². The molecule has 78 valence electrons. The Kier molecular flexibility index (Phi) is 4.15. The molecule has 14 heavy (non-hydrogen) atoms. The van der Waals surface area contributed by atoms with Crippen molar-refractivity contribution in [1.82, 2.24) is 0 Å². The van der Waals surface area contributed by atoms with E-state index in [1.165, 1.54) is 11.1 Å². The fourth-order valence-electron chi connectivity index (χ4n) is 1.53. The van der Waals surface area contributed by atoms with Gasteiger partial charge < -0.3 is 5.73 Å². The molecule has 0 heterocycles. The molecular weight excluding hydrogens is 170 g/mol. The molecule has 1 atom stereocenters. The van der Waals surface area contributed by atoms with E-state index in [4.69, 9.17) is 5.73 Å². The molecule has 1 unspecified atom stereocenters. The second-order valence-corrected chi connectivity index (χ2v) is 4.44. The number of hydrogen-bond acceptors (Lipinski definition) is 1. The van der Waals surface area contributed by atoms with Crippen molar-refractivity contribution in [3.05, 3.63) is 35.4 Å². The summed E-state index contributed by atoms with van der Waals surface area (Å²) in [5, 5.41) is 0. The van der Waals surface area contributed by atoms with Gasteiger partial charge in [0.25, 0.3) is 0 Å². The van der Waals surface area contributed by atoms with E-state index in [9.17, 15) is 0 Å². The zero-order valence-corrected chi connectivity index (χ0v) is 9.46. The van der Waals surface area contributed by atoms with Gasteiger partial charge in [0.1, 0.15) is 0 Å². The predicted octanol–water partition coefficient (Wildman–Crippen LogP) is 2.91. The van der Waals surface area contributed by atoms with Gasteiger partial charge in [-0.2, -0.15) is 0 Å². The first-order chi connectivity index (χ1) is 6.59. The lowest BCUT2D eigenvalue weighted by Crippen LogP contribution is -2.26. The third kappa shape index (κ3) is 3.51. The van der Waals surface area contributed by atoms with Crippen LogP contribution in [0.4, 0.5) is 0 Å². The number of hydrogen-bond donors (Lipinski definition) is 1. The van der Waals surface area contributed by atoms with E-state index in [1.807, 2.05) is 0 Å². The van der Waals surface area contributed by atoms with Crippen molar-refractivity contribution >= 4 is 0 Å². The zero-order valence-electron chi connectivity index (χ0n) is 9.46. The van der Waals surface area contributed by atoms with E-state index in [-0.39, 0.29) is 0 Å². The van der Waals surface area contributed by atoms with Crippen LogP contribution in [0, 0.1) is 12.8 Å². The topological polar surface area (TPSA) is 26.0 Å². The summed E-state index contributed by atoms with van der Waals surface area (Å²) < 4.78 is 0. The van der Waals surface area contributed by atoms with Crippen molar-refractivity contribution in [3.63, 3.8) is 0 Å². The normalized spacial score (nSPS) is 13.2. The molecule has 1 aromatic carbocycles. The summed E-state index contributed by atoms with van der Waals surface area (Å²) in [6.45, 7) is 6.49. The Morgan fingerprint density at radius 2 is 2.00 bits per heavy atom. The van der Waals surface area contributed by atoms with Gasteiger partial charge in [-0.05, 0) is 31.2 Å². The molecule has 0 fully saturated rings. The highest BCUT2D eigenvalue weighted by atomic mass is 14.6. The van der Waals surface area contributed by atoms with Crippen LogP contribution in [0.5, 0.6) is 0 Å². The number of nitrogens with two attached hydrogens (primary N) is 1. The van der Waals surface area contributed by atoms with Crippen LogP contribution in [0.3, 0.4) is 0 Å². The smallest absolute Gasteiger partial charge is 0.00650 e. The highest BCUT2D eigenvalue weighted by Gasteiger charge is 2.07. The number of aryl methyl sites for hydroxylation is 2. The van der Waals surface area contributed by atoms with Gasteiger partial charge in [0, 0.05) is 6.04 Å². The van der Waals surface area contributed by atoms with Crippen LogP contribution in [0.25, 0.3) is 0 Å². The summed E-state index contributed by atoms with van der Waals surface area (Å²) in [4.78, 5) is 0. The molecule has 0 aliphatic heterocycles. The third-order valence-corrected chi connectivity index (χ3v) is 2.71. The molecule has 0 saturated carbocycles. The molecular formula is C13H21N. The summed E-state index contributed by atoms with van der Waals surface area (Å²) >= 11 is 0. The number of rotatable bonds is 4. The Morgan fingerprint density at radius 1 is 1.29 bits per heavy atom. The second-order valence-electron chi connectivity index (χ2n) is 4.44. The van der Waals surface area contributed by atoms with E-state index in [2.05, 4.69) is 45.0 Å². The predicted molar refractivity (Wildman–Crippen MR) is 62.3 cm³/mol. The minimum Gasteiger partial charge on any atom is -0.327 e. The molecule has 0 radical (unpaired) electrons. The lowest BCUT2D eigenvalue weighted by Gasteiger charge is -2.15. The summed E-state index contributed by atoms with van der Waals surface area (Å²) in [5.74, 6) is 0.583. The van der Waals surface area contributed by atoms with E-state index >= 15 is 0 Å². The van der Waals surface area contributed by atoms with Gasteiger partial charge in [-0.25, -0.2) is 0 Å². The quantitative estimate of drug-likeness (QED) is 0.778. The van der Waals surface area contributed by atoms with Crippen LogP contribution in [0.15, 0.2) is 24.3 Å². The molecule has 1 heteroatoms. The molecule has 0 spiro atoms. The van der Waals surface area contributed by atoms with E-state index in [0.29, 0.717) is 12.0 Å². The third-order valence-electron chi connectivity index (χ3n) is 2.71. The van der Waals surface area contributed by atoms with Gasteiger partial charge in [0.15, 0.2) is 0 Å². The van der Waals surface area contributed by atoms with Crippen LogP contribution < -0.4 is 5.73 Å². The molecule has 2 N–H and O–H groups in total. The second kappa shape index (κ2) is 5.16. The standard InChI is InChI=1S/C13H21N/c1-10(2)13(14)8-7-12-6-4-5-11(3)9-12/h4-6,9-10,13H,7-8,14H2,1-3H3. The Labute approximate surface area is 87.3 Å². The first-order valence-electron chi connectivity index (χ1n) is 5.40. The molecule has 1 nitrogen and oxygen atoms in total. The average Bonchev–Trinajstić information content (AvgIpc) is 2.14. The summed E-state index contributed by atoms with van der Waals surface area (Å²) in [6.07, 6.45) is 2.18. The van der Waals surface area contributed by atoms with Crippen LogP contribution in [-0.4, -0.2) is 6.04 Å². The lowest BCUT2D eigenvalue weighted by molar-refractivity contribution is 0.464. The zero-order chi connectivity index (χ0) is 10.6. The maximum Gasteiger partial charge on any atom is 0.00650 e. The van der Waals surface area contributed by atoms with Crippen molar-refractivity contribution in [1.29, 1.82) is 0 Å². The fraction of sp³-hybridized carbons (Fsp3) is 0.538. The highest BCUT2D eigenvalue weighted by Crippen LogP contribution is 2.10. The highest BCUT2D eigenvalue weighted by molar-refractivity contribution is 5.22. The van der Waals surface area contributed by atoms with Crippen molar-refractivity contribution < 1.29 is 0 Å². The van der Waals surface area contributed by atoms with Gasteiger partial charge in [0.2, 0.25) is 0 Å². The Hall–Kier alpha value is -0.820. The summed E-state index contributed by atoms with van der Waals surface area (Å²) in [7, 11) is 0. The van der Waals surface area contributed by atoms with Crippen molar-refractivity contribution in [2.24, 2.45) is 11.7 Å². The maximum atomic E-state index is 6.00. The average molecular weight is 191 g/mol. The molecule has 0 aromatic heterocycles. The van der Waals surface area contributed by atoms with Gasteiger partial charge in [-0.3, -0.25) is 0 Å². The van der Waals surface area contributed by atoms with Crippen LogP contribution >= 0.6 is 0 Å². The van der Waals surface area contributed by atoms with Gasteiger partial charge >= 0.3 is 0 Å². The molecule has 0 aliphatic rings. The summed E-state index contributed by atoms with van der Waals surface area (Å²) in [5.41, 5.74) is 8.74.